The molecule has 0 aliphatic heterocycles. The maximum absolute atomic E-state index is 12.6. The summed E-state index contributed by atoms with van der Waals surface area (Å²) in [6, 6.07) is 3.52. The van der Waals surface area contributed by atoms with Gasteiger partial charge in [-0.15, -0.1) is 0 Å². The normalized spacial score (nSPS) is 16.2. The first kappa shape index (κ1) is 13.8. The first-order chi connectivity index (χ1) is 8.37. The van der Waals surface area contributed by atoms with Gasteiger partial charge in [0.1, 0.15) is 0 Å². The molecule has 1 aromatic carbocycles. The van der Waals surface area contributed by atoms with Crippen LogP contribution >= 0.6 is 15.9 Å². The quantitative estimate of drug-likeness (QED) is 0.861. The predicted molar refractivity (Wildman–Crippen MR) is 75.9 cm³/mol. The lowest BCUT2D eigenvalue weighted by Gasteiger charge is -2.21. The summed E-state index contributed by atoms with van der Waals surface area (Å²) < 4.78 is 27.5. The molecule has 0 aromatic heterocycles. The van der Waals surface area contributed by atoms with E-state index in [1.807, 2.05) is 6.92 Å². The number of hydrogen-bond acceptors (Lipinski definition) is 3. The topological polar surface area (TPSA) is 63.4 Å². The van der Waals surface area contributed by atoms with E-state index >= 15 is 0 Å². The molecule has 0 bridgehead atoms. The lowest BCUT2D eigenvalue weighted by Crippen LogP contribution is -2.33. The van der Waals surface area contributed by atoms with Crippen LogP contribution in [0.15, 0.2) is 21.5 Å². The highest BCUT2D eigenvalue weighted by atomic mass is 79.9. The van der Waals surface area contributed by atoms with Crippen LogP contribution in [-0.2, 0) is 10.0 Å². The van der Waals surface area contributed by atoms with Crippen molar-refractivity contribution in [3.8, 4) is 0 Å². The van der Waals surface area contributed by atoms with Crippen molar-refractivity contribution in [3.05, 3.63) is 22.2 Å². The van der Waals surface area contributed by atoms with Gasteiger partial charge in [0.25, 0.3) is 0 Å². The van der Waals surface area contributed by atoms with Crippen LogP contribution in [0.2, 0.25) is 0 Å². The smallest absolute Gasteiger partial charge is 0.243 e. The van der Waals surface area contributed by atoms with Crippen molar-refractivity contribution in [1.29, 1.82) is 0 Å². The molecule has 0 spiro atoms. The van der Waals surface area contributed by atoms with E-state index in [0.717, 1.165) is 12.8 Å². The summed E-state index contributed by atoms with van der Waals surface area (Å²) in [5, 5.41) is 0. The highest BCUT2D eigenvalue weighted by Crippen LogP contribution is 2.34. The Morgan fingerprint density at radius 1 is 1.44 bits per heavy atom. The fraction of sp³-hybridized carbons (Fsp3) is 0.500. The summed E-state index contributed by atoms with van der Waals surface area (Å²) in [7, 11) is -3.44. The van der Waals surface area contributed by atoms with Crippen LogP contribution in [0.5, 0.6) is 0 Å². The largest absolute Gasteiger partial charge is 0.398 e. The van der Waals surface area contributed by atoms with Crippen LogP contribution in [0.1, 0.15) is 25.3 Å². The second kappa shape index (κ2) is 4.83. The van der Waals surface area contributed by atoms with Gasteiger partial charge in [-0.25, -0.2) is 8.42 Å². The molecule has 0 unspecified atom stereocenters. The maximum atomic E-state index is 12.6. The Balaban J connectivity index is 2.52. The number of hydrogen-bond donors (Lipinski definition) is 1. The molecule has 0 amide bonds. The first-order valence-corrected chi connectivity index (χ1v) is 8.18. The van der Waals surface area contributed by atoms with Crippen LogP contribution in [0.25, 0.3) is 0 Å². The van der Waals surface area contributed by atoms with E-state index in [1.165, 1.54) is 0 Å². The lowest BCUT2D eigenvalue weighted by molar-refractivity contribution is 0.420. The number of anilines is 1. The minimum absolute atomic E-state index is 0.166. The number of halogens is 1. The average Bonchev–Trinajstić information content (AvgIpc) is 3.08. The molecule has 1 aliphatic carbocycles. The van der Waals surface area contributed by atoms with Gasteiger partial charge in [-0.1, -0.05) is 22.9 Å². The summed E-state index contributed by atoms with van der Waals surface area (Å²) >= 11 is 3.30. The standard InChI is InChI=1S/C12H17BrN2O2S/c1-3-15(10-4-5-10)18(16,17)12-7-9(13)6-11(14)8(12)2/h6-7,10H,3-5,14H2,1-2H3. The molecule has 2 N–H and O–H groups in total. The first-order valence-electron chi connectivity index (χ1n) is 5.95. The monoisotopic (exact) mass is 332 g/mol. The third kappa shape index (κ3) is 2.41. The highest BCUT2D eigenvalue weighted by molar-refractivity contribution is 9.10. The Morgan fingerprint density at radius 3 is 2.56 bits per heavy atom. The van der Waals surface area contributed by atoms with Crippen molar-refractivity contribution in [3.63, 3.8) is 0 Å². The van der Waals surface area contributed by atoms with Crippen molar-refractivity contribution in [1.82, 2.24) is 4.31 Å². The number of nitrogens with zero attached hydrogens (tertiary/aromatic N) is 1. The predicted octanol–water partition coefficient (Wildman–Crippen LogP) is 2.51. The maximum Gasteiger partial charge on any atom is 0.243 e. The molecule has 0 atom stereocenters. The van der Waals surface area contributed by atoms with Crippen molar-refractivity contribution >= 4 is 31.6 Å². The zero-order valence-electron chi connectivity index (χ0n) is 10.5. The zero-order chi connectivity index (χ0) is 13.5. The Hall–Kier alpha value is -0.590. The molecule has 2 rings (SSSR count). The number of rotatable bonds is 4. The molecule has 18 heavy (non-hydrogen) atoms. The fourth-order valence-electron chi connectivity index (χ4n) is 2.06. The van der Waals surface area contributed by atoms with E-state index < -0.39 is 10.0 Å². The molecular weight excluding hydrogens is 316 g/mol. The Kier molecular flexibility index (Phi) is 3.71. The van der Waals surface area contributed by atoms with Gasteiger partial charge in [0.05, 0.1) is 4.90 Å². The summed E-state index contributed by atoms with van der Waals surface area (Å²) in [5.74, 6) is 0. The third-order valence-corrected chi connectivity index (χ3v) is 5.83. The van der Waals surface area contributed by atoms with Crippen LogP contribution in [0, 0.1) is 6.92 Å². The molecule has 0 radical (unpaired) electrons. The van der Waals surface area contributed by atoms with Gasteiger partial charge in [0, 0.05) is 22.7 Å². The van der Waals surface area contributed by atoms with Gasteiger partial charge in [-0.3, -0.25) is 0 Å². The fourth-order valence-corrected chi connectivity index (χ4v) is 4.66. The molecule has 100 valence electrons. The molecule has 4 nitrogen and oxygen atoms in total. The number of sulfonamides is 1. The molecule has 0 heterocycles. The minimum atomic E-state index is -3.44. The van der Waals surface area contributed by atoms with Gasteiger partial charge in [0.15, 0.2) is 0 Å². The van der Waals surface area contributed by atoms with E-state index in [4.69, 9.17) is 5.73 Å². The van der Waals surface area contributed by atoms with Crippen molar-refractivity contribution in [2.24, 2.45) is 0 Å². The van der Waals surface area contributed by atoms with Gasteiger partial charge in [-0.2, -0.15) is 4.31 Å². The molecule has 0 saturated heterocycles. The van der Waals surface area contributed by atoms with Crippen LogP contribution in [0.3, 0.4) is 0 Å². The van der Waals surface area contributed by atoms with Gasteiger partial charge < -0.3 is 5.73 Å². The second-order valence-electron chi connectivity index (χ2n) is 4.56. The molecular formula is C12H17BrN2O2S. The average molecular weight is 333 g/mol. The SMILES string of the molecule is CCN(C1CC1)S(=O)(=O)c1cc(Br)cc(N)c1C. The molecule has 1 aromatic rings. The molecule has 1 saturated carbocycles. The van der Waals surface area contributed by atoms with Gasteiger partial charge in [-0.05, 0) is 37.5 Å². The Bertz CT molecular complexity index is 568. The minimum Gasteiger partial charge on any atom is -0.398 e. The van der Waals surface area contributed by atoms with Crippen LogP contribution in [0.4, 0.5) is 5.69 Å². The van der Waals surface area contributed by atoms with Crippen LogP contribution < -0.4 is 5.73 Å². The van der Waals surface area contributed by atoms with E-state index in [1.54, 1.807) is 23.4 Å². The molecule has 6 heteroatoms. The Morgan fingerprint density at radius 2 is 2.06 bits per heavy atom. The van der Waals surface area contributed by atoms with Crippen LogP contribution in [-0.4, -0.2) is 25.3 Å². The van der Waals surface area contributed by atoms with Crippen molar-refractivity contribution in [2.45, 2.75) is 37.6 Å². The summed E-state index contributed by atoms with van der Waals surface area (Å²) in [5.41, 5.74) is 6.96. The summed E-state index contributed by atoms with van der Waals surface area (Å²) in [4.78, 5) is 0.308. The lowest BCUT2D eigenvalue weighted by atomic mass is 10.2. The van der Waals surface area contributed by atoms with Crippen molar-refractivity contribution < 1.29 is 8.42 Å². The number of nitrogen functional groups attached to an aromatic ring is 1. The number of nitrogens with two attached hydrogens (primary N) is 1. The van der Waals surface area contributed by atoms with Crippen molar-refractivity contribution in [2.75, 3.05) is 12.3 Å². The highest BCUT2D eigenvalue weighted by Gasteiger charge is 2.37. The molecule has 1 aliphatic rings. The number of benzene rings is 1. The molecule has 1 fully saturated rings. The van der Waals surface area contributed by atoms with E-state index in [2.05, 4.69) is 15.9 Å². The summed E-state index contributed by atoms with van der Waals surface area (Å²) in [6.45, 7) is 4.11. The summed E-state index contributed by atoms with van der Waals surface area (Å²) in [6.07, 6.45) is 1.91. The zero-order valence-corrected chi connectivity index (χ0v) is 12.9. The Labute approximate surface area is 116 Å². The third-order valence-electron chi connectivity index (χ3n) is 3.22. The second-order valence-corrected chi connectivity index (χ2v) is 7.33. The van der Waals surface area contributed by atoms with E-state index in [-0.39, 0.29) is 6.04 Å². The van der Waals surface area contributed by atoms with Gasteiger partial charge >= 0.3 is 0 Å². The van der Waals surface area contributed by atoms with E-state index in [0.29, 0.717) is 27.2 Å². The van der Waals surface area contributed by atoms with Gasteiger partial charge in [0.2, 0.25) is 10.0 Å². The van der Waals surface area contributed by atoms with E-state index in [9.17, 15) is 8.42 Å².